The van der Waals surface area contributed by atoms with Crippen LogP contribution in [0.2, 0.25) is 0 Å². The number of aryl methyl sites for hydroxylation is 1. The van der Waals surface area contributed by atoms with E-state index in [1.54, 1.807) is 24.3 Å². The summed E-state index contributed by atoms with van der Waals surface area (Å²) in [6, 6.07) is 14.9. The normalized spacial score (nSPS) is 13.3. The van der Waals surface area contributed by atoms with E-state index in [1.165, 1.54) is 11.1 Å². The third-order valence-electron chi connectivity index (χ3n) is 4.72. The number of aliphatic hydroxyl groups excluding tert-OH is 1. The number of phenolic OH excluding ortho intramolecular Hbond substituents is 1. The first-order valence-electron chi connectivity index (χ1n) is 9.45. The van der Waals surface area contributed by atoms with E-state index in [4.69, 9.17) is 5.11 Å². The van der Waals surface area contributed by atoms with Gasteiger partial charge in [0.2, 0.25) is 0 Å². The molecule has 0 spiro atoms. The lowest BCUT2D eigenvalue weighted by Gasteiger charge is -2.20. The van der Waals surface area contributed by atoms with Gasteiger partial charge in [0.05, 0.1) is 6.10 Å². The average Bonchev–Trinajstić information content (AvgIpc) is 2.66. The SMILES string of the molecule is CC(NCCc1ccc(CCCCC(=O)O)cc1)C(O)c1ccc(O)cc1. The van der Waals surface area contributed by atoms with Crippen molar-refractivity contribution in [3.05, 3.63) is 65.2 Å². The summed E-state index contributed by atoms with van der Waals surface area (Å²) in [7, 11) is 0. The Morgan fingerprint density at radius 2 is 1.56 bits per heavy atom. The van der Waals surface area contributed by atoms with Crippen molar-refractivity contribution in [2.45, 2.75) is 51.2 Å². The number of carboxylic acid groups (broad SMARTS) is 1. The molecule has 5 heteroatoms. The Balaban J connectivity index is 1.71. The maximum Gasteiger partial charge on any atom is 0.303 e. The monoisotopic (exact) mass is 371 g/mol. The van der Waals surface area contributed by atoms with Crippen LogP contribution in [-0.2, 0) is 17.6 Å². The summed E-state index contributed by atoms with van der Waals surface area (Å²) in [5, 5.41) is 31.7. The van der Waals surface area contributed by atoms with Gasteiger partial charge in [-0.05, 0) is 68.0 Å². The van der Waals surface area contributed by atoms with Crippen molar-refractivity contribution in [1.82, 2.24) is 5.32 Å². The van der Waals surface area contributed by atoms with Crippen molar-refractivity contribution in [1.29, 1.82) is 0 Å². The van der Waals surface area contributed by atoms with Gasteiger partial charge >= 0.3 is 5.97 Å². The van der Waals surface area contributed by atoms with Gasteiger partial charge in [0, 0.05) is 12.5 Å². The Morgan fingerprint density at radius 3 is 2.15 bits per heavy atom. The Labute approximate surface area is 160 Å². The summed E-state index contributed by atoms with van der Waals surface area (Å²) in [6.45, 7) is 2.70. The van der Waals surface area contributed by atoms with Crippen molar-refractivity contribution in [2.24, 2.45) is 0 Å². The van der Waals surface area contributed by atoms with Crippen LogP contribution in [0.1, 0.15) is 49.0 Å². The first kappa shape index (κ1) is 20.9. The van der Waals surface area contributed by atoms with Crippen LogP contribution in [0.15, 0.2) is 48.5 Å². The second kappa shape index (κ2) is 10.7. The average molecular weight is 371 g/mol. The molecule has 0 aliphatic rings. The highest BCUT2D eigenvalue weighted by atomic mass is 16.4. The number of rotatable bonds is 11. The predicted molar refractivity (Wildman–Crippen MR) is 106 cm³/mol. The zero-order chi connectivity index (χ0) is 19.6. The molecular formula is C22H29NO4. The molecule has 0 saturated heterocycles. The largest absolute Gasteiger partial charge is 0.508 e. The van der Waals surface area contributed by atoms with Crippen LogP contribution in [0.25, 0.3) is 0 Å². The summed E-state index contributed by atoms with van der Waals surface area (Å²) >= 11 is 0. The van der Waals surface area contributed by atoms with Gasteiger partial charge in [0.15, 0.2) is 0 Å². The van der Waals surface area contributed by atoms with Crippen molar-refractivity contribution < 1.29 is 20.1 Å². The van der Waals surface area contributed by atoms with Crippen molar-refractivity contribution in [3.8, 4) is 5.75 Å². The number of hydrogen-bond donors (Lipinski definition) is 4. The standard InChI is InChI=1S/C22H29NO4/c1-16(22(27)19-10-12-20(24)13-11-19)23-15-14-18-8-6-17(7-9-18)4-2-3-5-21(25)26/h6-13,16,22-24,27H,2-5,14-15H2,1H3,(H,25,26). The maximum atomic E-state index is 10.5. The van der Waals surface area contributed by atoms with E-state index < -0.39 is 12.1 Å². The number of aromatic hydroxyl groups is 1. The van der Waals surface area contributed by atoms with Gasteiger partial charge in [-0.15, -0.1) is 0 Å². The molecule has 2 atom stereocenters. The molecule has 146 valence electrons. The van der Waals surface area contributed by atoms with E-state index in [9.17, 15) is 15.0 Å². The van der Waals surface area contributed by atoms with E-state index in [-0.39, 0.29) is 18.2 Å². The minimum Gasteiger partial charge on any atom is -0.508 e. The molecule has 0 aliphatic heterocycles. The molecule has 0 aromatic heterocycles. The van der Waals surface area contributed by atoms with E-state index in [0.29, 0.717) is 6.42 Å². The number of phenols is 1. The first-order valence-corrected chi connectivity index (χ1v) is 9.45. The highest BCUT2D eigenvalue weighted by molar-refractivity contribution is 5.66. The summed E-state index contributed by atoms with van der Waals surface area (Å²) in [5.74, 6) is -0.542. The second-order valence-corrected chi connectivity index (χ2v) is 6.95. The van der Waals surface area contributed by atoms with Gasteiger partial charge in [-0.3, -0.25) is 4.79 Å². The zero-order valence-electron chi connectivity index (χ0n) is 15.8. The first-order chi connectivity index (χ1) is 13.0. The highest BCUT2D eigenvalue weighted by Crippen LogP contribution is 2.19. The van der Waals surface area contributed by atoms with Gasteiger partial charge in [-0.2, -0.15) is 0 Å². The number of hydrogen-bond acceptors (Lipinski definition) is 4. The molecule has 0 fully saturated rings. The van der Waals surface area contributed by atoms with E-state index in [2.05, 4.69) is 29.6 Å². The van der Waals surface area contributed by atoms with Crippen LogP contribution in [0.5, 0.6) is 5.75 Å². The third kappa shape index (κ3) is 7.41. The Kier molecular flexibility index (Phi) is 8.30. The molecule has 2 rings (SSSR count). The van der Waals surface area contributed by atoms with Crippen LogP contribution >= 0.6 is 0 Å². The lowest BCUT2D eigenvalue weighted by atomic mass is 10.0. The van der Waals surface area contributed by atoms with Gasteiger partial charge in [0.1, 0.15) is 5.75 Å². The number of aliphatic hydroxyl groups is 1. The minimum atomic E-state index is -0.734. The molecule has 2 unspecified atom stereocenters. The highest BCUT2D eigenvalue weighted by Gasteiger charge is 2.15. The summed E-state index contributed by atoms with van der Waals surface area (Å²) in [5.41, 5.74) is 3.23. The molecule has 0 heterocycles. The molecule has 0 radical (unpaired) electrons. The Bertz CT molecular complexity index is 697. The molecule has 5 nitrogen and oxygen atoms in total. The second-order valence-electron chi connectivity index (χ2n) is 6.95. The van der Waals surface area contributed by atoms with Crippen LogP contribution in [0.4, 0.5) is 0 Å². The Hall–Kier alpha value is -2.37. The molecule has 0 aliphatic carbocycles. The number of carbonyl (C=O) groups is 1. The van der Waals surface area contributed by atoms with Crippen molar-refractivity contribution in [2.75, 3.05) is 6.54 Å². The van der Waals surface area contributed by atoms with E-state index in [1.807, 2.05) is 6.92 Å². The Morgan fingerprint density at radius 1 is 0.963 bits per heavy atom. The molecule has 0 amide bonds. The zero-order valence-corrected chi connectivity index (χ0v) is 15.8. The molecule has 2 aromatic rings. The predicted octanol–water partition coefficient (Wildman–Crippen LogP) is 3.44. The van der Waals surface area contributed by atoms with Crippen LogP contribution in [0.3, 0.4) is 0 Å². The fourth-order valence-corrected chi connectivity index (χ4v) is 2.99. The maximum absolute atomic E-state index is 10.5. The number of nitrogens with one attached hydrogen (secondary N) is 1. The van der Waals surface area contributed by atoms with Gasteiger partial charge in [-0.1, -0.05) is 36.4 Å². The van der Waals surface area contributed by atoms with Crippen molar-refractivity contribution in [3.63, 3.8) is 0 Å². The van der Waals surface area contributed by atoms with Crippen LogP contribution in [0, 0.1) is 0 Å². The lowest BCUT2D eigenvalue weighted by molar-refractivity contribution is -0.137. The third-order valence-corrected chi connectivity index (χ3v) is 4.72. The molecule has 2 aromatic carbocycles. The fraction of sp³-hybridized carbons (Fsp3) is 0.409. The van der Waals surface area contributed by atoms with Crippen LogP contribution in [-0.4, -0.2) is 33.9 Å². The minimum absolute atomic E-state index is 0.0944. The number of carboxylic acids is 1. The molecule has 0 saturated carbocycles. The quantitative estimate of drug-likeness (QED) is 0.454. The lowest BCUT2D eigenvalue weighted by Crippen LogP contribution is -2.33. The number of unbranched alkanes of at least 4 members (excludes halogenated alkanes) is 1. The number of aliphatic carboxylic acids is 1. The molecule has 27 heavy (non-hydrogen) atoms. The summed E-state index contributed by atoms with van der Waals surface area (Å²) in [6.07, 6.45) is 2.98. The molecule has 4 N–H and O–H groups in total. The van der Waals surface area contributed by atoms with Crippen molar-refractivity contribution >= 4 is 5.97 Å². The van der Waals surface area contributed by atoms with E-state index >= 15 is 0 Å². The van der Waals surface area contributed by atoms with Gasteiger partial charge < -0.3 is 20.6 Å². The fourth-order valence-electron chi connectivity index (χ4n) is 2.99. The van der Waals surface area contributed by atoms with Gasteiger partial charge in [-0.25, -0.2) is 0 Å². The smallest absolute Gasteiger partial charge is 0.303 e. The molecular weight excluding hydrogens is 342 g/mol. The topological polar surface area (TPSA) is 89.8 Å². The summed E-state index contributed by atoms with van der Waals surface area (Å²) < 4.78 is 0. The van der Waals surface area contributed by atoms with E-state index in [0.717, 1.165) is 31.4 Å². The summed E-state index contributed by atoms with van der Waals surface area (Å²) in [4.78, 5) is 10.5. The van der Waals surface area contributed by atoms with Gasteiger partial charge in [0.25, 0.3) is 0 Å². The number of benzene rings is 2. The molecule has 0 bridgehead atoms. The van der Waals surface area contributed by atoms with Crippen LogP contribution < -0.4 is 5.32 Å².